The summed E-state index contributed by atoms with van der Waals surface area (Å²) in [7, 11) is 0. The molecule has 1 aromatic rings. The molecule has 0 fully saturated rings. The van der Waals surface area contributed by atoms with Gasteiger partial charge in [-0.2, -0.15) is 0 Å². The summed E-state index contributed by atoms with van der Waals surface area (Å²) in [5.74, 6) is -0.461. The van der Waals surface area contributed by atoms with Gasteiger partial charge in [0.05, 0.1) is 0 Å². The molecule has 5 heteroatoms. The lowest BCUT2D eigenvalue weighted by molar-refractivity contribution is 0.464. The summed E-state index contributed by atoms with van der Waals surface area (Å²) >= 11 is 0. The average molecular weight is 400 g/mol. The number of benzene rings is 2. The van der Waals surface area contributed by atoms with Gasteiger partial charge < -0.3 is 9.52 Å². The fourth-order valence-corrected chi connectivity index (χ4v) is 3.71. The molecule has 1 heterocycles. The van der Waals surface area contributed by atoms with E-state index in [9.17, 15) is 14.3 Å². The highest BCUT2D eigenvalue weighted by atomic mass is 19.1. The fraction of sp³-hybridized carbons (Fsp3) is 0.500. The van der Waals surface area contributed by atoms with E-state index in [0.717, 1.165) is 37.0 Å². The first-order valence-electron chi connectivity index (χ1n) is 10.8. The quantitative estimate of drug-likeness (QED) is 0.291. The zero-order valence-corrected chi connectivity index (χ0v) is 17.2. The first-order chi connectivity index (χ1) is 14.1. The van der Waals surface area contributed by atoms with Gasteiger partial charge in [0.1, 0.15) is 17.0 Å². The van der Waals surface area contributed by atoms with E-state index in [1.807, 2.05) is 0 Å². The van der Waals surface area contributed by atoms with E-state index in [2.05, 4.69) is 11.9 Å². The lowest BCUT2D eigenvalue weighted by atomic mass is 10.0. The van der Waals surface area contributed by atoms with Crippen molar-refractivity contribution in [1.29, 1.82) is 0 Å². The molecule has 1 aliphatic carbocycles. The summed E-state index contributed by atoms with van der Waals surface area (Å²) in [6.45, 7) is 2.24. The van der Waals surface area contributed by atoms with E-state index >= 15 is 0 Å². The maximum Gasteiger partial charge on any atom is 0.218 e. The number of hydrogen-bond acceptors (Lipinski definition) is 4. The maximum absolute atomic E-state index is 13.5. The smallest absolute Gasteiger partial charge is 0.218 e. The minimum atomic E-state index is -0.844. The molecule has 0 atom stereocenters. The Bertz CT molecular complexity index is 966. The Morgan fingerprint density at radius 1 is 0.931 bits per heavy atom. The van der Waals surface area contributed by atoms with Gasteiger partial charge in [-0.25, -0.2) is 9.37 Å². The molecule has 0 aromatic heterocycles. The van der Waals surface area contributed by atoms with Gasteiger partial charge >= 0.3 is 0 Å². The van der Waals surface area contributed by atoms with Crippen LogP contribution in [0.25, 0.3) is 22.6 Å². The third-order valence-electron chi connectivity index (χ3n) is 5.43. The molecule has 29 heavy (non-hydrogen) atoms. The second kappa shape index (κ2) is 10.4. The second-order valence-corrected chi connectivity index (χ2v) is 7.84. The number of unbranched alkanes of at least 4 members (excludes halogenated alkanes) is 9. The number of rotatable bonds is 11. The molecule has 0 radical (unpaired) electrons. The molecule has 0 unspecified atom stereocenters. The SMILES string of the molecule is CCCCCCCCCCCCc1cc2nc3cc(F)c(=O)cc-3oc2cc1O. The first-order valence-corrected chi connectivity index (χ1v) is 10.8. The third kappa shape index (κ3) is 5.78. The van der Waals surface area contributed by atoms with Crippen LogP contribution in [0.3, 0.4) is 0 Å². The molecule has 1 aliphatic heterocycles. The van der Waals surface area contributed by atoms with Gasteiger partial charge in [-0.15, -0.1) is 0 Å². The highest BCUT2D eigenvalue weighted by Crippen LogP contribution is 2.30. The predicted molar refractivity (Wildman–Crippen MR) is 114 cm³/mol. The van der Waals surface area contributed by atoms with Crippen LogP contribution in [0.4, 0.5) is 4.39 Å². The summed E-state index contributed by atoms with van der Waals surface area (Å²) < 4.78 is 19.2. The standard InChI is InChI=1S/C24H30FNO3/c1-2-3-4-5-6-7-8-9-10-11-12-17-13-19-23(15-21(17)27)29-24-16-22(28)18(25)14-20(24)26-19/h13-16,27H,2-12H2,1H3. The van der Waals surface area contributed by atoms with Crippen LogP contribution >= 0.6 is 0 Å². The van der Waals surface area contributed by atoms with Crippen molar-refractivity contribution in [3.05, 3.63) is 45.9 Å². The minimum Gasteiger partial charge on any atom is -0.508 e. The van der Waals surface area contributed by atoms with Crippen LogP contribution in [0.15, 0.2) is 33.5 Å². The molecule has 2 aliphatic rings. The Morgan fingerprint density at radius 2 is 1.59 bits per heavy atom. The van der Waals surface area contributed by atoms with Crippen molar-refractivity contribution < 1.29 is 13.9 Å². The van der Waals surface area contributed by atoms with Crippen LogP contribution in [-0.4, -0.2) is 10.1 Å². The lowest BCUT2D eigenvalue weighted by Gasteiger charge is -2.09. The van der Waals surface area contributed by atoms with Gasteiger partial charge in [0.25, 0.3) is 0 Å². The summed E-state index contributed by atoms with van der Waals surface area (Å²) in [5.41, 5.74) is 1.32. The monoisotopic (exact) mass is 399 g/mol. The van der Waals surface area contributed by atoms with Gasteiger partial charge in [-0.3, -0.25) is 4.79 Å². The average Bonchev–Trinajstić information content (AvgIpc) is 2.69. The lowest BCUT2D eigenvalue weighted by Crippen LogP contribution is -2.06. The molecule has 0 saturated carbocycles. The Morgan fingerprint density at radius 3 is 2.28 bits per heavy atom. The molecular weight excluding hydrogens is 369 g/mol. The number of aromatic nitrogens is 1. The van der Waals surface area contributed by atoms with E-state index in [1.54, 1.807) is 6.07 Å². The van der Waals surface area contributed by atoms with E-state index in [-0.39, 0.29) is 11.5 Å². The minimum absolute atomic E-state index is 0.169. The topological polar surface area (TPSA) is 63.3 Å². The molecule has 4 nitrogen and oxygen atoms in total. The normalized spacial score (nSPS) is 11.5. The Hall–Kier alpha value is -2.43. The zero-order valence-electron chi connectivity index (χ0n) is 17.2. The van der Waals surface area contributed by atoms with Crippen LogP contribution in [0, 0.1) is 5.82 Å². The van der Waals surface area contributed by atoms with Gasteiger partial charge in [0.2, 0.25) is 5.43 Å². The van der Waals surface area contributed by atoms with Crippen molar-refractivity contribution in [2.24, 2.45) is 0 Å². The molecule has 1 N–H and O–H groups in total. The molecule has 156 valence electrons. The molecule has 1 aromatic carbocycles. The van der Waals surface area contributed by atoms with E-state index in [0.29, 0.717) is 16.8 Å². The van der Waals surface area contributed by atoms with Crippen molar-refractivity contribution in [3.8, 4) is 17.2 Å². The van der Waals surface area contributed by atoms with Crippen molar-refractivity contribution in [2.45, 2.75) is 77.6 Å². The van der Waals surface area contributed by atoms with Crippen molar-refractivity contribution in [2.75, 3.05) is 0 Å². The van der Waals surface area contributed by atoms with E-state index in [1.165, 1.54) is 57.4 Å². The number of phenols is 1. The van der Waals surface area contributed by atoms with E-state index in [4.69, 9.17) is 4.42 Å². The highest BCUT2D eigenvalue weighted by molar-refractivity contribution is 5.78. The Labute approximate surface area is 171 Å². The van der Waals surface area contributed by atoms with Crippen molar-refractivity contribution in [3.63, 3.8) is 0 Å². The molecule has 0 bridgehead atoms. The number of aromatic hydroxyl groups is 1. The predicted octanol–water partition coefficient (Wildman–Crippen LogP) is 6.60. The number of hydrogen-bond donors (Lipinski definition) is 1. The number of halogens is 1. The van der Waals surface area contributed by atoms with Crippen molar-refractivity contribution >= 4 is 11.1 Å². The van der Waals surface area contributed by atoms with Gasteiger partial charge in [-0.05, 0) is 24.5 Å². The second-order valence-electron chi connectivity index (χ2n) is 7.84. The van der Waals surface area contributed by atoms with E-state index < -0.39 is 11.2 Å². The van der Waals surface area contributed by atoms with Crippen LogP contribution < -0.4 is 5.43 Å². The van der Waals surface area contributed by atoms with Crippen LogP contribution in [-0.2, 0) is 6.42 Å². The maximum atomic E-state index is 13.5. The fourth-order valence-electron chi connectivity index (χ4n) is 3.71. The zero-order chi connectivity index (χ0) is 20.6. The van der Waals surface area contributed by atoms with Gasteiger partial charge in [-0.1, -0.05) is 64.7 Å². The Kier molecular flexibility index (Phi) is 7.62. The first kappa shape index (κ1) is 21.3. The Balaban J connectivity index is 1.54. The third-order valence-corrected chi connectivity index (χ3v) is 5.43. The number of aryl methyl sites for hydroxylation is 1. The highest BCUT2D eigenvalue weighted by Gasteiger charge is 2.14. The van der Waals surface area contributed by atoms with Crippen LogP contribution in [0.5, 0.6) is 5.75 Å². The van der Waals surface area contributed by atoms with Crippen molar-refractivity contribution in [1.82, 2.24) is 4.98 Å². The van der Waals surface area contributed by atoms with Gasteiger partial charge in [0.15, 0.2) is 17.2 Å². The molecule has 3 rings (SSSR count). The number of phenolic OH excluding ortho intramolecular Hbond substituents is 1. The molecule has 0 spiro atoms. The number of nitrogens with zero attached hydrogens (tertiary/aromatic N) is 1. The van der Waals surface area contributed by atoms with Crippen LogP contribution in [0.2, 0.25) is 0 Å². The molecule has 0 saturated heterocycles. The number of fused-ring (bicyclic) bond motifs is 2. The summed E-state index contributed by atoms with van der Waals surface area (Å²) in [6.07, 6.45) is 13.4. The summed E-state index contributed by atoms with van der Waals surface area (Å²) in [6, 6.07) is 5.51. The van der Waals surface area contributed by atoms with Gasteiger partial charge in [0, 0.05) is 18.2 Å². The molecular formula is C24H30FNO3. The summed E-state index contributed by atoms with van der Waals surface area (Å²) in [4.78, 5) is 15.8. The summed E-state index contributed by atoms with van der Waals surface area (Å²) in [5, 5.41) is 10.3. The van der Waals surface area contributed by atoms with Crippen LogP contribution in [0.1, 0.15) is 76.7 Å². The molecule has 0 amide bonds. The largest absolute Gasteiger partial charge is 0.508 e.